The standard InChI is InChI=1S/C45H55F2N9/c1-28-8-6-7-9-41(49-5)40(22-48)43-18-34(16-29(2)50-43)30(3)51-45-52-42-13-10-32(17-44(42)56(45)23-28)24-55-37-11-12-38(55)27-54(26-37)31(4)33-14-15-53(25-33)39-20-35(46)19-36(47)21-39/h10,13,16-22,28,33,37-38,48-49H,3-4,6-9,11-12,14-15,23-27H2,1-2,5H3,(H,51,52)/b41-40+,48-22?/t28-,33?,37?,38?/m1/s1. The lowest BCUT2D eigenvalue weighted by Gasteiger charge is -2.44. The summed E-state index contributed by atoms with van der Waals surface area (Å²) in [6.07, 6.45) is 8.76. The molecule has 5 aliphatic heterocycles. The van der Waals surface area contributed by atoms with Gasteiger partial charge in [-0.1, -0.05) is 32.6 Å². The molecule has 0 radical (unpaired) electrons. The molecule has 3 saturated heterocycles. The number of hydrogen-bond donors (Lipinski definition) is 3. The molecule has 3 N–H and O–H groups in total. The van der Waals surface area contributed by atoms with Gasteiger partial charge >= 0.3 is 0 Å². The molecule has 11 heteroatoms. The summed E-state index contributed by atoms with van der Waals surface area (Å²) in [5.41, 5.74) is 10.3. The first kappa shape index (κ1) is 37.9. The quantitative estimate of drug-likeness (QED) is 0.209. The molecule has 3 fully saturated rings. The van der Waals surface area contributed by atoms with Crippen LogP contribution in [0.3, 0.4) is 0 Å². The van der Waals surface area contributed by atoms with Gasteiger partial charge in [-0.25, -0.2) is 13.8 Å². The second-order valence-electron chi connectivity index (χ2n) is 16.5. The lowest BCUT2D eigenvalue weighted by molar-refractivity contribution is 0.0745. The largest absolute Gasteiger partial charge is 0.391 e. The van der Waals surface area contributed by atoms with Crippen molar-refractivity contribution in [2.45, 2.75) is 77.4 Å². The number of allylic oxidation sites excluding steroid dienone is 2. The van der Waals surface area contributed by atoms with E-state index in [1.165, 1.54) is 36.8 Å². The van der Waals surface area contributed by atoms with Gasteiger partial charge in [-0.2, -0.15) is 0 Å². The molecular formula is C45H55F2N9. The smallest absolute Gasteiger partial charge is 0.208 e. The molecule has 294 valence electrons. The summed E-state index contributed by atoms with van der Waals surface area (Å²) >= 11 is 0. The average molecular weight is 760 g/mol. The zero-order chi connectivity index (χ0) is 39.1. The summed E-state index contributed by atoms with van der Waals surface area (Å²) in [6, 6.07) is 15.5. The van der Waals surface area contributed by atoms with Crippen molar-refractivity contribution in [1.82, 2.24) is 20.1 Å². The van der Waals surface area contributed by atoms with Crippen LogP contribution in [0, 0.1) is 35.8 Å². The van der Waals surface area contributed by atoms with E-state index in [9.17, 15) is 8.78 Å². The molecule has 3 unspecified atom stereocenters. The summed E-state index contributed by atoms with van der Waals surface area (Å²) < 4.78 is 27.9. The minimum absolute atomic E-state index is 0.274. The van der Waals surface area contributed by atoms with E-state index in [1.807, 2.05) is 26.1 Å². The first-order chi connectivity index (χ1) is 27.1. The van der Waals surface area contributed by atoms with Crippen molar-refractivity contribution in [1.29, 1.82) is 5.41 Å². The predicted molar refractivity (Wildman–Crippen MR) is 225 cm³/mol. The Kier molecular flexibility index (Phi) is 10.7. The zero-order valence-corrected chi connectivity index (χ0v) is 33.1. The number of aliphatic imine (C=N–C) groups is 1. The highest BCUT2D eigenvalue weighted by atomic mass is 19.1. The summed E-state index contributed by atoms with van der Waals surface area (Å²) in [7, 11) is 1.93. The first-order valence-corrected chi connectivity index (χ1v) is 20.3. The number of anilines is 3. The van der Waals surface area contributed by atoms with Gasteiger partial charge in [0.05, 0.1) is 22.8 Å². The molecule has 3 aromatic rings. The van der Waals surface area contributed by atoms with Crippen molar-refractivity contribution in [3.8, 4) is 0 Å². The maximum atomic E-state index is 14.0. The van der Waals surface area contributed by atoms with Crippen molar-refractivity contribution in [2.24, 2.45) is 16.8 Å². The second kappa shape index (κ2) is 15.8. The maximum Gasteiger partial charge on any atom is 0.208 e. The van der Waals surface area contributed by atoms with E-state index < -0.39 is 11.6 Å². The predicted octanol–water partition coefficient (Wildman–Crippen LogP) is 8.41. The van der Waals surface area contributed by atoms with Gasteiger partial charge in [-0.15, -0.1) is 0 Å². The van der Waals surface area contributed by atoms with E-state index in [0.717, 1.165) is 129 Å². The molecule has 9 nitrogen and oxygen atoms in total. The second-order valence-corrected chi connectivity index (χ2v) is 16.5. The molecule has 5 aliphatic rings. The van der Waals surface area contributed by atoms with Crippen molar-refractivity contribution in [3.05, 3.63) is 107 Å². The Morgan fingerprint density at radius 2 is 1.75 bits per heavy atom. The number of hydrogen-bond acceptors (Lipinski definition) is 9. The van der Waals surface area contributed by atoms with Crippen LogP contribution in [0.25, 0.3) is 11.3 Å². The molecule has 0 amide bonds. The van der Waals surface area contributed by atoms with Crippen LogP contribution in [0.4, 0.5) is 25.8 Å². The van der Waals surface area contributed by atoms with Crippen LogP contribution in [0.5, 0.6) is 0 Å². The number of fused-ring (bicyclic) bond motifs is 7. The Morgan fingerprint density at radius 3 is 2.48 bits per heavy atom. The molecule has 6 heterocycles. The van der Waals surface area contributed by atoms with Gasteiger partial charge < -0.3 is 30.7 Å². The number of halogens is 2. The number of aromatic nitrogens is 1. The summed E-state index contributed by atoms with van der Waals surface area (Å²) in [6.45, 7) is 18.5. The van der Waals surface area contributed by atoms with Crippen LogP contribution in [-0.4, -0.2) is 78.8 Å². The van der Waals surface area contributed by atoms with Crippen LogP contribution in [0.2, 0.25) is 0 Å². The number of benzene rings is 2. The van der Waals surface area contributed by atoms with Gasteiger partial charge in [0, 0.05) is 111 Å². The molecule has 0 saturated carbocycles. The minimum atomic E-state index is -0.535. The third-order valence-electron chi connectivity index (χ3n) is 12.6. The van der Waals surface area contributed by atoms with Gasteiger partial charge in [-0.3, -0.25) is 9.88 Å². The Morgan fingerprint density at radius 1 is 0.982 bits per heavy atom. The fourth-order valence-corrected chi connectivity index (χ4v) is 9.59. The monoisotopic (exact) mass is 759 g/mol. The van der Waals surface area contributed by atoms with E-state index in [-0.39, 0.29) is 5.92 Å². The topological polar surface area (TPSA) is 86.1 Å². The van der Waals surface area contributed by atoms with Gasteiger partial charge in [-0.05, 0) is 93.3 Å². The number of nitrogens with zero attached hydrogens (tertiary/aromatic N) is 6. The Bertz CT molecular complexity index is 2060. The van der Waals surface area contributed by atoms with Crippen LogP contribution in [-0.2, 0) is 6.54 Å². The fourth-order valence-electron chi connectivity index (χ4n) is 9.59. The number of aryl methyl sites for hydroxylation is 1. The molecule has 0 aliphatic carbocycles. The number of pyridine rings is 1. The third-order valence-corrected chi connectivity index (χ3v) is 12.6. The Balaban J connectivity index is 0.984. The number of piperazine rings is 1. The van der Waals surface area contributed by atoms with Crippen molar-refractivity contribution >= 4 is 40.5 Å². The molecule has 4 atom stereocenters. The van der Waals surface area contributed by atoms with Crippen LogP contribution < -0.4 is 20.4 Å². The highest BCUT2D eigenvalue weighted by molar-refractivity contribution is 6.16. The summed E-state index contributed by atoms with van der Waals surface area (Å²) in [5, 5.41) is 15.2. The van der Waals surface area contributed by atoms with Crippen molar-refractivity contribution < 1.29 is 8.78 Å². The van der Waals surface area contributed by atoms with E-state index in [0.29, 0.717) is 29.4 Å². The molecule has 1 aromatic heterocycles. The summed E-state index contributed by atoms with van der Waals surface area (Å²) in [5.74, 6) is 0.429. The summed E-state index contributed by atoms with van der Waals surface area (Å²) in [4.78, 5) is 19.6. The zero-order valence-electron chi connectivity index (χ0n) is 33.1. The molecular weight excluding hydrogens is 705 g/mol. The van der Waals surface area contributed by atoms with Crippen LogP contribution in [0.1, 0.15) is 74.4 Å². The number of likely N-dealkylation sites (tertiary alicyclic amines) is 1. The minimum Gasteiger partial charge on any atom is -0.391 e. The lowest BCUT2D eigenvalue weighted by atomic mass is 9.99. The van der Waals surface area contributed by atoms with Gasteiger partial charge in [0.1, 0.15) is 11.6 Å². The fraction of sp³-hybridized carbons (Fsp3) is 0.444. The van der Waals surface area contributed by atoms with Gasteiger partial charge in [0.25, 0.3) is 0 Å². The molecule has 8 rings (SSSR count). The van der Waals surface area contributed by atoms with Crippen molar-refractivity contribution in [2.75, 3.05) is 54.9 Å². The SMILES string of the molecule is C=C1/N=C2\Nc3ccc(CN4C5CCC4CN(C(=C)C4CCN(c6cc(F)cc(F)c6)C4)C5)cc3N2C[C@H](C)CCCC/C(NC)=C(/C=N)c2cc1cc(C)n2. The van der Waals surface area contributed by atoms with Crippen LogP contribution >= 0.6 is 0 Å². The maximum absolute atomic E-state index is 14.0. The number of rotatable bonds is 7. The van der Waals surface area contributed by atoms with Gasteiger partial charge in [0.15, 0.2) is 0 Å². The molecule has 4 bridgehead atoms. The first-order valence-electron chi connectivity index (χ1n) is 20.3. The van der Waals surface area contributed by atoms with Crippen LogP contribution in [0.15, 0.2) is 78.1 Å². The van der Waals surface area contributed by atoms with Gasteiger partial charge in [0.2, 0.25) is 5.96 Å². The average Bonchev–Trinajstić information content (AvgIpc) is 3.85. The third kappa shape index (κ3) is 7.70. The van der Waals surface area contributed by atoms with E-state index >= 15 is 0 Å². The molecule has 56 heavy (non-hydrogen) atoms. The number of guanidine groups is 1. The molecule has 2 aromatic carbocycles. The molecule has 0 spiro atoms. The highest BCUT2D eigenvalue weighted by Crippen LogP contribution is 2.40. The number of nitrogens with one attached hydrogen (secondary N) is 3. The normalized spacial score (nSPS) is 26.5. The Labute approximate surface area is 330 Å². The van der Waals surface area contributed by atoms with Crippen molar-refractivity contribution in [3.63, 3.8) is 0 Å². The Hall–Kier alpha value is -5.03. The van der Waals surface area contributed by atoms with E-state index in [4.69, 9.17) is 15.4 Å². The van der Waals surface area contributed by atoms with E-state index in [1.54, 1.807) is 0 Å². The highest BCUT2D eigenvalue weighted by Gasteiger charge is 2.42. The lowest BCUT2D eigenvalue weighted by Crippen LogP contribution is -2.53. The van der Waals surface area contributed by atoms with E-state index in [2.05, 4.69) is 68.5 Å².